The van der Waals surface area contributed by atoms with Gasteiger partial charge in [-0.05, 0) is 33.6 Å². The van der Waals surface area contributed by atoms with Crippen LogP contribution in [0.5, 0.6) is 0 Å². The largest absolute Gasteiger partial charge is 0.361 e. The van der Waals surface area contributed by atoms with Crippen LogP contribution in [0.3, 0.4) is 0 Å². The fraction of sp³-hybridized carbons (Fsp3) is 0.714. The Labute approximate surface area is 139 Å². The lowest BCUT2D eigenvalue weighted by atomic mass is 10.1. The van der Waals surface area contributed by atoms with Crippen LogP contribution in [0.1, 0.15) is 43.7 Å². The van der Waals surface area contributed by atoms with Crippen LogP contribution in [0.15, 0.2) is 9.52 Å². The number of rotatable bonds is 7. The molecular formula is C14H27IN4O. The molecule has 0 fully saturated rings. The fourth-order valence-corrected chi connectivity index (χ4v) is 1.86. The van der Waals surface area contributed by atoms with Crippen molar-refractivity contribution in [1.82, 2.24) is 15.8 Å². The zero-order chi connectivity index (χ0) is 14.1. The summed E-state index contributed by atoms with van der Waals surface area (Å²) in [6, 6.07) is 0. The summed E-state index contributed by atoms with van der Waals surface area (Å²) in [5.41, 5.74) is 2.17. The van der Waals surface area contributed by atoms with Crippen LogP contribution < -0.4 is 10.6 Å². The second-order valence-corrected chi connectivity index (χ2v) is 4.59. The fourth-order valence-electron chi connectivity index (χ4n) is 1.86. The van der Waals surface area contributed by atoms with Gasteiger partial charge in [0, 0.05) is 25.2 Å². The van der Waals surface area contributed by atoms with Crippen LogP contribution >= 0.6 is 24.0 Å². The lowest BCUT2D eigenvalue weighted by Crippen LogP contribution is -2.38. The van der Waals surface area contributed by atoms with E-state index in [4.69, 9.17) is 4.52 Å². The number of aryl methyl sites for hydroxylation is 2. The molecule has 0 aliphatic heterocycles. The summed E-state index contributed by atoms with van der Waals surface area (Å²) in [6.45, 7) is 10.8. The standard InChI is InChI=1S/C14H26N4O.HI/c1-5-7-9-16-14(15-6-2)17-10-8-13-11(3)18-19-12(13)4;/h5-10H2,1-4H3,(H2,15,16,17);1H. The molecule has 1 aromatic heterocycles. The minimum atomic E-state index is 0. The van der Waals surface area contributed by atoms with Crippen molar-refractivity contribution in [3.63, 3.8) is 0 Å². The van der Waals surface area contributed by atoms with Gasteiger partial charge in [-0.25, -0.2) is 0 Å². The second kappa shape index (κ2) is 10.9. The molecule has 0 atom stereocenters. The predicted molar refractivity (Wildman–Crippen MR) is 94.0 cm³/mol. The van der Waals surface area contributed by atoms with Gasteiger partial charge in [-0.3, -0.25) is 4.99 Å². The summed E-state index contributed by atoms with van der Waals surface area (Å²) in [6.07, 6.45) is 3.20. The first-order valence-electron chi connectivity index (χ1n) is 7.13. The maximum Gasteiger partial charge on any atom is 0.191 e. The maximum atomic E-state index is 5.16. The Hall–Kier alpha value is -0.790. The van der Waals surface area contributed by atoms with E-state index in [1.54, 1.807) is 0 Å². The Balaban J connectivity index is 0.00000361. The highest BCUT2D eigenvalue weighted by Crippen LogP contribution is 2.11. The summed E-state index contributed by atoms with van der Waals surface area (Å²) in [4.78, 5) is 4.52. The maximum absolute atomic E-state index is 5.16. The third-order valence-corrected chi connectivity index (χ3v) is 2.97. The van der Waals surface area contributed by atoms with Gasteiger partial charge in [-0.15, -0.1) is 24.0 Å². The van der Waals surface area contributed by atoms with Gasteiger partial charge in [0.15, 0.2) is 5.96 Å². The third-order valence-electron chi connectivity index (χ3n) is 2.97. The van der Waals surface area contributed by atoms with Crippen molar-refractivity contribution < 1.29 is 4.52 Å². The van der Waals surface area contributed by atoms with E-state index in [2.05, 4.69) is 34.6 Å². The van der Waals surface area contributed by atoms with Crippen LogP contribution in [-0.2, 0) is 6.42 Å². The number of halogens is 1. The van der Waals surface area contributed by atoms with Crippen molar-refractivity contribution in [3.8, 4) is 0 Å². The number of nitrogens with zero attached hydrogens (tertiary/aromatic N) is 2. The zero-order valence-electron chi connectivity index (χ0n) is 13.0. The van der Waals surface area contributed by atoms with Crippen molar-refractivity contribution in [1.29, 1.82) is 0 Å². The van der Waals surface area contributed by atoms with Gasteiger partial charge in [-0.2, -0.15) is 0 Å². The number of hydrogen-bond donors (Lipinski definition) is 2. The molecule has 1 heterocycles. The Kier molecular flexibility index (Phi) is 10.5. The lowest BCUT2D eigenvalue weighted by Gasteiger charge is -2.11. The average molecular weight is 394 g/mol. The van der Waals surface area contributed by atoms with Crippen molar-refractivity contribution >= 4 is 29.9 Å². The number of aliphatic imine (C=N–C) groups is 1. The van der Waals surface area contributed by atoms with E-state index in [1.807, 2.05) is 13.8 Å². The molecule has 0 unspecified atom stereocenters. The molecule has 0 aliphatic rings. The minimum Gasteiger partial charge on any atom is -0.361 e. The molecule has 0 aliphatic carbocycles. The second-order valence-electron chi connectivity index (χ2n) is 4.59. The van der Waals surface area contributed by atoms with Gasteiger partial charge >= 0.3 is 0 Å². The van der Waals surface area contributed by atoms with Gasteiger partial charge in [0.25, 0.3) is 0 Å². The summed E-state index contributed by atoms with van der Waals surface area (Å²) in [5, 5.41) is 10.6. The lowest BCUT2D eigenvalue weighted by molar-refractivity contribution is 0.392. The molecule has 1 aromatic rings. The van der Waals surface area contributed by atoms with Crippen molar-refractivity contribution in [2.75, 3.05) is 19.6 Å². The quantitative estimate of drug-likeness (QED) is 0.323. The van der Waals surface area contributed by atoms with Crippen molar-refractivity contribution in [2.24, 2.45) is 4.99 Å². The summed E-state index contributed by atoms with van der Waals surface area (Å²) in [7, 11) is 0. The molecule has 116 valence electrons. The predicted octanol–water partition coefficient (Wildman–Crippen LogP) is 2.81. The molecule has 0 amide bonds. The normalized spacial score (nSPS) is 11.1. The number of unbranched alkanes of at least 4 members (excludes halogenated alkanes) is 1. The SMILES string of the molecule is CCCCN=C(NCC)NCCc1c(C)noc1C.I. The summed E-state index contributed by atoms with van der Waals surface area (Å²) >= 11 is 0. The third kappa shape index (κ3) is 6.58. The van der Waals surface area contributed by atoms with Crippen LogP contribution in [0.25, 0.3) is 0 Å². The van der Waals surface area contributed by atoms with Crippen molar-refractivity contribution in [2.45, 2.75) is 47.0 Å². The topological polar surface area (TPSA) is 62.5 Å². The Morgan fingerprint density at radius 2 is 2.00 bits per heavy atom. The number of nitrogens with one attached hydrogen (secondary N) is 2. The molecule has 5 nitrogen and oxygen atoms in total. The van der Waals surface area contributed by atoms with E-state index in [0.29, 0.717) is 0 Å². The van der Waals surface area contributed by atoms with Crippen LogP contribution in [0.2, 0.25) is 0 Å². The number of aromatic nitrogens is 1. The molecule has 2 N–H and O–H groups in total. The molecule has 0 spiro atoms. The summed E-state index contributed by atoms with van der Waals surface area (Å²) in [5.74, 6) is 1.80. The van der Waals surface area contributed by atoms with Gasteiger partial charge in [0.1, 0.15) is 5.76 Å². The average Bonchev–Trinajstić information content (AvgIpc) is 2.70. The molecule has 0 aromatic carbocycles. The molecule has 0 saturated heterocycles. The Bertz CT molecular complexity index is 384. The molecule has 0 bridgehead atoms. The summed E-state index contributed by atoms with van der Waals surface area (Å²) < 4.78 is 5.16. The van der Waals surface area contributed by atoms with E-state index < -0.39 is 0 Å². The first kappa shape index (κ1) is 19.2. The van der Waals surface area contributed by atoms with E-state index in [1.165, 1.54) is 12.0 Å². The van der Waals surface area contributed by atoms with Gasteiger partial charge in [0.05, 0.1) is 5.69 Å². The van der Waals surface area contributed by atoms with Gasteiger partial charge in [-0.1, -0.05) is 18.5 Å². The highest BCUT2D eigenvalue weighted by atomic mass is 127. The van der Waals surface area contributed by atoms with Gasteiger partial charge in [0.2, 0.25) is 0 Å². The van der Waals surface area contributed by atoms with E-state index >= 15 is 0 Å². The highest BCUT2D eigenvalue weighted by Gasteiger charge is 2.08. The minimum absolute atomic E-state index is 0. The van der Waals surface area contributed by atoms with E-state index in [-0.39, 0.29) is 24.0 Å². The Morgan fingerprint density at radius 1 is 1.25 bits per heavy atom. The molecule has 6 heteroatoms. The monoisotopic (exact) mass is 394 g/mol. The molecule has 1 rings (SSSR count). The number of guanidine groups is 1. The van der Waals surface area contributed by atoms with Crippen LogP contribution in [0.4, 0.5) is 0 Å². The van der Waals surface area contributed by atoms with E-state index in [0.717, 1.165) is 49.9 Å². The van der Waals surface area contributed by atoms with Crippen LogP contribution in [0, 0.1) is 13.8 Å². The zero-order valence-corrected chi connectivity index (χ0v) is 15.3. The van der Waals surface area contributed by atoms with Gasteiger partial charge < -0.3 is 15.2 Å². The smallest absolute Gasteiger partial charge is 0.191 e. The van der Waals surface area contributed by atoms with Crippen LogP contribution in [-0.4, -0.2) is 30.8 Å². The molecular weight excluding hydrogens is 367 g/mol. The highest BCUT2D eigenvalue weighted by molar-refractivity contribution is 14.0. The van der Waals surface area contributed by atoms with Crippen molar-refractivity contribution in [3.05, 3.63) is 17.0 Å². The first-order valence-corrected chi connectivity index (χ1v) is 7.13. The Morgan fingerprint density at radius 3 is 2.55 bits per heavy atom. The molecule has 0 saturated carbocycles. The molecule has 0 radical (unpaired) electrons. The number of hydrogen-bond acceptors (Lipinski definition) is 3. The first-order chi connectivity index (χ1) is 9.19. The van der Waals surface area contributed by atoms with E-state index in [9.17, 15) is 0 Å². The molecule has 20 heavy (non-hydrogen) atoms.